The summed E-state index contributed by atoms with van der Waals surface area (Å²) < 4.78 is 10.9. The van der Waals surface area contributed by atoms with Crippen LogP contribution in [0, 0.1) is 6.92 Å². The molecule has 1 N–H and O–H groups in total. The zero-order chi connectivity index (χ0) is 23.9. The Bertz CT molecular complexity index is 1120. The Kier molecular flexibility index (Phi) is 7.70. The lowest BCUT2D eigenvalue weighted by Gasteiger charge is -2.36. The molecule has 0 aliphatic carbocycles. The van der Waals surface area contributed by atoms with Crippen molar-refractivity contribution in [3.8, 4) is 11.5 Å². The van der Waals surface area contributed by atoms with Crippen molar-refractivity contribution in [2.45, 2.75) is 20.0 Å². The van der Waals surface area contributed by atoms with Gasteiger partial charge in [0, 0.05) is 62.1 Å². The van der Waals surface area contributed by atoms with Crippen LogP contribution in [0.5, 0.6) is 11.5 Å². The molecule has 6 heteroatoms. The predicted molar refractivity (Wildman–Crippen MR) is 136 cm³/mol. The molecule has 4 rings (SSSR count). The Morgan fingerprint density at radius 2 is 1.71 bits per heavy atom. The fraction of sp³-hybridized carbons (Fsp3) is 0.321. The van der Waals surface area contributed by atoms with E-state index in [-0.39, 0.29) is 5.91 Å². The number of ether oxygens (including phenoxy) is 2. The van der Waals surface area contributed by atoms with Crippen LogP contribution in [-0.2, 0) is 13.1 Å². The number of nitrogens with one attached hydrogen (secondary N) is 1. The highest BCUT2D eigenvalue weighted by Crippen LogP contribution is 2.26. The molecule has 0 unspecified atom stereocenters. The van der Waals surface area contributed by atoms with Gasteiger partial charge in [0.05, 0.1) is 14.2 Å². The van der Waals surface area contributed by atoms with Crippen molar-refractivity contribution in [3.63, 3.8) is 0 Å². The minimum atomic E-state index is -0.0447. The molecule has 3 aromatic carbocycles. The van der Waals surface area contributed by atoms with E-state index in [2.05, 4.69) is 45.4 Å². The van der Waals surface area contributed by atoms with Gasteiger partial charge in [0.1, 0.15) is 11.5 Å². The number of hydrogen-bond donors (Lipinski definition) is 1. The van der Waals surface area contributed by atoms with Crippen LogP contribution in [0.15, 0.2) is 66.7 Å². The van der Waals surface area contributed by atoms with E-state index in [0.717, 1.165) is 55.3 Å². The van der Waals surface area contributed by atoms with Crippen LogP contribution < -0.4 is 19.7 Å². The van der Waals surface area contributed by atoms with Gasteiger partial charge in [-0.2, -0.15) is 0 Å². The van der Waals surface area contributed by atoms with Gasteiger partial charge in [-0.3, -0.25) is 9.69 Å². The van der Waals surface area contributed by atoms with Gasteiger partial charge in [-0.15, -0.1) is 0 Å². The number of hydrogen-bond acceptors (Lipinski definition) is 5. The van der Waals surface area contributed by atoms with Crippen molar-refractivity contribution < 1.29 is 14.3 Å². The first-order valence-corrected chi connectivity index (χ1v) is 11.7. The van der Waals surface area contributed by atoms with Crippen LogP contribution >= 0.6 is 0 Å². The molecule has 34 heavy (non-hydrogen) atoms. The molecule has 1 aliphatic heterocycles. The van der Waals surface area contributed by atoms with Gasteiger partial charge in [0.2, 0.25) is 0 Å². The monoisotopic (exact) mass is 459 g/mol. The molecule has 6 nitrogen and oxygen atoms in total. The molecule has 1 fully saturated rings. The molecule has 0 spiro atoms. The fourth-order valence-electron chi connectivity index (χ4n) is 4.32. The second-order valence-electron chi connectivity index (χ2n) is 8.66. The zero-order valence-corrected chi connectivity index (χ0v) is 20.2. The average Bonchev–Trinajstić information content (AvgIpc) is 2.88. The van der Waals surface area contributed by atoms with Crippen LogP contribution in [0.4, 0.5) is 5.69 Å². The van der Waals surface area contributed by atoms with Gasteiger partial charge in [0.25, 0.3) is 5.91 Å². The van der Waals surface area contributed by atoms with Crippen LogP contribution in [0.1, 0.15) is 27.0 Å². The maximum Gasteiger partial charge on any atom is 0.251 e. The minimum Gasteiger partial charge on any atom is -0.497 e. The van der Waals surface area contributed by atoms with Gasteiger partial charge in [0.15, 0.2) is 0 Å². The van der Waals surface area contributed by atoms with Crippen molar-refractivity contribution >= 4 is 11.6 Å². The van der Waals surface area contributed by atoms with E-state index in [4.69, 9.17) is 9.47 Å². The predicted octanol–water partition coefficient (Wildman–Crippen LogP) is 4.26. The topological polar surface area (TPSA) is 54.0 Å². The molecule has 0 radical (unpaired) electrons. The first kappa shape index (κ1) is 23.6. The van der Waals surface area contributed by atoms with Crippen molar-refractivity contribution in [3.05, 3.63) is 89.0 Å². The molecule has 1 amide bonds. The summed E-state index contributed by atoms with van der Waals surface area (Å²) in [7, 11) is 3.37. The van der Waals surface area contributed by atoms with Gasteiger partial charge in [-0.05, 0) is 42.8 Å². The number of carbonyl (C=O) groups excluding carboxylic acids is 1. The molecule has 0 aromatic heterocycles. The van der Waals surface area contributed by atoms with Crippen molar-refractivity contribution in [2.24, 2.45) is 0 Å². The molecule has 1 heterocycles. The lowest BCUT2D eigenvalue weighted by molar-refractivity contribution is 0.0951. The van der Waals surface area contributed by atoms with Gasteiger partial charge < -0.3 is 19.7 Å². The Morgan fingerprint density at radius 1 is 0.912 bits per heavy atom. The number of carbonyl (C=O) groups is 1. The average molecular weight is 460 g/mol. The summed E-state index contributed by atoms with van der Waals surface area (Å²) in [5, 5.41) is 3.04. The standard InChI is InChI=1S/C28H33N3O3/c1-21-6-4-8-23(16-21)28(32)29-19-22-7-5-9-25(17-22)31-14-12-30(13-15-31)20-24-10-11-26(33-2)18-27(24)34-3/h4-11,16-18H,12-15,19-20H2,1-3H3,(H,29,32). The van der Waals surface area contributed by atoms with Gasteiger partial charge in [-0.1, -0.05) is 35.9 Å². The number of piperazine rings is 1. The van der Waals surface area contributed by atoms with E-state index in [0.29, 0.717) is 12.1 Å². The van der Waals surface area contributed by atoms with Gasteiger partial charge in [-0.25, -0.2) is 0 Å². The summed E-state index contributed by atoms with van der Waals surface area (Å²) >= 11 is 0. The molecule has 178 valence electrons. The van der Waals surface area contributed by atoms with Crippen LogP contribution in [0.2, 0.25) is 0 Å². The van der Waals surface area contributed by atoms with E-state index in [9.17, 15) is 4.79 Å². The fourth-order valence-corrected chi connectivity index (χ4v) is 4.32. The van der Waals surface area contributed by atoms with Crippen molar-refractivity contribution in [2.75, 3.05) is 45.3 Å². The van der Waals surface area contributed by atoms with E-state index in [1.54, 1.807) is 14.2 Å². The largest absolute Gasteiger partial charge is 0.497 e. The highest BCUT2D eigenvalue weighted by atomic mass is 16.5. The number of methoxy groups -OCH3 is 2. The number of benzene rings is 3. The Hall–Kier alpha value is -3.51. The van der Waals surface area contributed by atoms with Crippen molar-refractivity contribution in [1.29, 1.82) is 0 Å². The number of anilines is 1. The van der Waals surface area contributed by atoms with Crippen LogP contribution in [0.3, 0.4) is 0 Å². The SMILES string of the molecule is COc1ccc(CN2CCN(c3cccc(CNC(=O)c4cccc(C)c4)c3)CC2)c(OC)c1. The molecule has 1 aliphatic rings. The summed E-state index contributed by atoms with van der Waals surface area (Å²) in [6, 6.07) is 22.1. The van der Waals surface area contributed by atoms with E-state index in [1.807, 2.05) is 43.3 Å². The van der Waals surface area contributed by atoms with E-state index >= 15 is 0 Å². The number of nitrogens with zero attached hydrogens (tertiary/aromatic N) is 2. The molecular weight excluding hydrogens is 426 g/mol. The van der Waals surface area contributed by atoms with Crippen molar-refractivity contribution in [1.82, 2.24) is 10.2 Å². The molecule has 0 saturated carbocycles. The Morgan fingerprint density at radius 3 is 2.44 bits per heavy atom. The first-order chi connectivity index (χ1) is 16.6. The third-order valence-corrected chi connectivity index (χ3v) is 6.27. The maximum absolute atomic E-state index is 12.5. The second kappa shape index (κ2) is 11.1. The van der Waals surface area contributed by atoms with Crippen LogP contribution in [-0.4, -0.2) is 51.2 Å². The molecular formula is C28H33N3O3. The summed E-state index contributed by atoms with van der Waals surface area (Å²) in [5.74, 6) is 1.62. The van der Waals surface area contributed by atoms with E-state index in [1.165, 1.54) is 11.3 Å². The number of rotatable bonds is 8. The van der Waals surface area contributed by atoms with E-state index < -0.39 is 0 Å². The highest BCUT2D eigenvalue weighted by molar-refractivity contribution is 5.94. The third kappa shape index (κ3) is 5.88. The molecule has 0 atom stereocenters. The maximum atomic E-state index is 12.5. The minimum absolute atomic E-state index is 0.0447. The number of aryl methyl sites for hydroxylation is 1. The smallest absolute Gasteiger partial charge is 0.251 e. The zero-order valence-electron chi connectivity index (χ0n) is 20.2. The number of amides is 1. The Balaban J connectivity index is 1.31. The lowest BCUT2D eigenvalue weighted by Crippen LogP contribution is -2.46. The first-order valence-electron chi connectivity index (χ1n) is 11.7. The summed E-state index contributed by atoms with van der Waals surface area (Å²) in [5.41, 5.74) is 5.25. The normalized spacial score (nSPS) is 14.0. The van der Waals surface area contributed by atoms with Crippen LogP contribution in [0.25, 0.3) is 0 Å². The second-order valence-corrected chi connectivity index (χ2v) is 8.66. The molecule has 3 aromatic rings. The molecule has 0 bridgehead atoms. The highest BCUT2D eigenvalue weighted by Gasteiger charge is 2.19. The summed E-state index contributed by atoms with van der Waals surface area (Å²) in [6.07, 6.45) is 0. The quantitative estimate of drug-likeness (QED) is 0.545. The lowest BCUT2D eigenvalue weighted by atomic mass is 10.1. The Labute approximate surface area is 202 Å². The summed E-state index contributed by atoms with van der Waals surface area (Å²) in [4.78, 5) is 17.3. The van der Waals surface area contributed by atoms with Gasteiger partial charge >= 0.3 is 0 Å². The molecule has 1 saturated heterocycles. The third-order valence-electron chi connectivity index (χ3n) is 6.27. The summed E-state index contributed by atoms with van der Waals surface area (Å²) in [6.45, 7) is 7.22.